The molecule has 3 fully saturated rings. The van der Waals surface area contributed by atoms with E-state index in [-0.39, 0.29) is 0 Å². The smallest absolute Gasteiger partial charge is 0.109 e. The minimum Gasteiger partial charge on any atom is -0.345 e. The Kier molecular flexibility index (Phi) is 5.06. The molecule has 0 spiro atoms. The Labute approximate surface area is 141 Å². The van der Waals surface area contributed by atoms with E-state index in [1.807, 2.05) is 0 Å². The molecule has 0 unspecified atom stereocenters. The molecule has 2 nitrogen and oxygen atoms in total. The lowest BCUT2D eigenvalue weighted by atomic mass is 9.81. The van der Waals surface area contributed by atoms with Crippen LogP contribution >= 0.6 is 0 Å². The molecule has 0 aromatic carbocycles. The molecule has 1 aromatic heterocycles. The molecule has 1 aromatic rings. The highest BCUT2D eigenvalue weighted by Gasteiger charge is 2.29. The number of aromatic nitrogens is 2. The van der Waals surface area contributed by atoms with E-state index in [1.165, 1.54) is 108 Å². The molecule has 1 heterocycles. The van der Waals surface area contributed by atoms with Gasteiger partial charge in [0.25, 0.3) is 0 Å². The van der Waals surface area contributed by atoms with Crippen molar-refractivity contribution in [2.45, 2.75) is 114 Å². The Morgan fingerprint density at radius 1 is 0.565 bits per heavy atom. The molecule has 128 valence electrons. The molecule has 2 heteroatoms. The summed E-state index contributed by atoms with van der Waals surface area (Å²) in [6.45, 7) is 0. The Balaban J connectivity index is 1.61. The van der Waals surface area contributed by atoms with Gasteiger partial charge in [0.1, 0.15) is 5.82 Å². The summed E-state index contributed by atoms with van der Waals surface area (Å²) in [5.74, 6) is 3.63. The maximum Gasteiger partial charge on any atom is 0.109 e. The molecule has 3 aliphatic carbocycles. The first kappa shape index (κ1) is 15.7. The Bertz CT molecular complexity index is 450. The maximum absolute atomic E-state index is 5.28. The lowest BCUT2D eigenvalue weighted by molar-refractivity contribution is 0.411. The quantitative estimate of drug-likeness (QED) is 0.673. The zero-order chi connectivity index (χ0) is 15.5. The highest BCUT2D eigenvalue weighted by Crippen LogP contribution is 2.41. The second-order valence-corrected chi connectivity index (χ2v) is 8.43. The number of hydrogen-bond acceptors (Lipinski definition) is 1. The topological polar surface area (TPSA) is 28.7 Å². The van der Waals surface area contributed by atoms with Crippen molar-refractivity contribution in [1.82, 2.24) is 9.97 Å². The number of hydrogen-bond donors (Lipinski definition) is 1. The van der Waals surface area contributed by atoms with E-state index in [0.29, 0.717) is 0 Å². The molecule has 3 aliphatic rings. The van der Waals surface area contributed by atoms with Crippen molar-refractivity contribution < 1.29 is 0 Å². The Hall–Kier alpha value is -0.790. The fourth-order valence-electron chi connectivity index (χ4n) is 5.38. The van der Waals surface area contributed by atoms with E-state index in [2.05, 4.69) is 4.98 Å². The van der Waals surface area contributed by atoms with Crippen LogP contribution in [0.15, 0.2) is 0 Å². The number of aromatic amines is 1. The third-order valence-corrected chi connectivity index (χ3v) is 6.78. The molecule has 0 aliphatic heterocycles. The summed E-state index contributed by atoms with van der Waals surface area (Å²) < 4.78 is 0. The lowest BCUT2D eigenvalue weighted by Gasteiger charge is -2.25. The largest absolute Gasteiger partial charge is 0.345 e. The van der Waals surface area contributed by atoms with Crippen LogP contribution in [-0.2, 0) is 0 Å². The third kappa shape index (κ3) is 3.51. The summed E-state index contributed by atoms with van der Waals surface area (Å²) in [4.78, 5) is 9.18. The molecule has 0 bridgehead atoms. The van der Waals surface area contributed by atoms with Gasteiger partial charge in [-0.1, -0.05) is 57.8 Å². The van der Waals surface area contributed by atoms with Crippen LogP contribution in [0.3, 0.4) is 0 Å². The van der Waals surface area contributed by atoms with E-state index in [1.54, 1.807) is 5.69 Å². The van der Waals surface area contributed by atoms with Crippen LogP contribution in [0.2, 0.25) is 0 Å². The summed E-state index contributed by atoms with van der Waals surface area (Å²) in [6.07, 6.45) is 21.1. The molecular weight excluding hydrogens is 280 g/mol. The van der Waals surface area contributed by atoms with Gasteiger partial charge in [0.2, 0.25) is 0 Å². The zero-order valence-corrected chi connectivity index (χ0v) is 14.8. The standard InChI is InChI=1S/C21H34N2/c1-4-10-16(11-5-1)19-20(17-12-6-2-7-13-17)23-21(22-19)18-14-8-3-9-15-18/h16-18H,1-15H2,(H,22,23). The molecule has 0 atom stereocenters. The summed E-state index contributed by atoms with van der Waals surface area (Å²) in [6, 6.07) is 0. The van der Waals surface area contributed by atoms with Crippen molar-refractivity contribution >= 4 is 0 Å². The van der Waals surface area contributed by atoms with E-state index >= 15 is 0 Å². The summed E-state index contributed by atoms with van der Waals surface area (Å²) in [7, 11) is 0. The second-order valence-electron chi connectivity index (χ2n) is 8.43. The average Bonchev–Trinajstić information content (AvgIpc) is 3.09. The molecule has 4 rings (SSSR count). The van der Waals surface area contributed by atoms with Crippen LogP contribution in [0.5, 0.6) is 0 Å². The molecular formula is C21H34N2. The zero-order valence-electron chi connectivity index (χ0n) is 14.8. The maximum atomic E-state index is 5.28. The number of imidazole rings is 1. The second kappa shape index (κ2) is 7.40. The molecule has 0 radical (unpaired) electrons. The normalized spacial score (nSPS) is 25.7. The summed E-state index contributed by atoms with van der Waals surface area (Å²) >= 11 is 0. The predicted molar refractivity (Wildman–Crippen MR) is 96.1 cm³/mol. The van der Waals surface area contributed by atoms with Gasteiger partial charge < -0.3 is 4.98 Å². The summed E-state index contributed by atoms with van der Waals surface area (Å²) in [5.41, 5.74) is 3.09. The average molecular weight is 315 g/mol. The molecule has 0 saturated heterocycles. The first-order valence-corrected chi connectivity index (χ1v) is 10.5. The van der Waals surface area contributed by atoms with Crippen LogP contribution in [0.1, 0.15) is 131 Å². The van der Waals surface area contributed by atoms with Crippen LogP contribution < -0.4 is 0 Å². The van der Waals surface area contributed by atoms with Crippen molar-refractivity contribution in [3.8, 4) is 0 Å². The van der Waals surface area contributed by atoms with Gasteiger partial charge in [-0.15, -0.1) is 0 Å². The van der Waals surface area contributed by atoms with E-state index in [4.69, 9.17) is 4.98 Å². The van der Waals surface area contributed by atoms with Crippen molar-refractivity contribution in [1.29, 1.82) is 0 Å². The highest BCUT2D eigenvalue weighted by atomic mass is 15.0. The van der Waals surface area contributed by atoms with Gasteiger partial charge >= 0.3 is 0 Å². The minimum atomic E-state index is 0.725. The van der Waals surface area contributed by atoms with E-state index in [0.717, 1.165) is 17.8 Å². The Morgan fingerprint density at radius 2 is 1.04 bits per heavy atom. The van der Waals surface area contributed by atoms with Crippen LogP contribution in [0.25, 0.3) is 0 Å². The van der Waals surface area contributed by atoms with E-state index < -0.39 is 0 Å². The first-order chi connectivity index (χ1) is 11.4. The third-order valence-electron chi connectivity index (χ3n) is 6.78. The van der Waals surface area contributed by atoms with Gasteiger partial charge in [0.15, 0.2) is 0 Å². The van der Waals surface area contributed by atoms with Crippen LogP contribution in [0, 0.1) is 0 Å². The van der Waals surface area contributed by atoms with Crippen LogP contribution in [-0.4, -0.2) is 9.97 Å². The SMILES string of the molecule is C1CCC(c2nc(C3CCCCC3)c(C3CCCCC3)[nH]2)CC1. The summed E-state index contributed by atoms with van der Waals surface area (Å²) in [5, 5.41) is 0. The number of H-pyrrole nitrogens is 1. The minimum absolute atomic E-state index is 0.725. The highest BCUT2D eigenvalue weighted by molar-refractivity contribution is 5.25. The molecule has 3 saturated carbocycles. The molecule has 23 heavy (non-hydrogen) atoms. The monoisotopic (exact) mass is 314 g/mol. The first-order valence-electron chi connectivity index (χ1n) is 10.5. The van der Waals surface area contributed by atoms with Crippen molar-refractivity contribution in [2.24, 2.45) is 0 Å². The number of nitrogens with one attached hydrogen (secondary N) is 1. The van der Waals surface area contributed by atoms with Crippen molar-refractivity contribution in [3.05, 3.63) is 17.2 Å². The molecule has 1 N–H and O–H groups in total. The van der Waals surface area contributed by atoms with Gasteiger partial charge in [-0.05, 0) is 38.5 Å². The van der Waals surface area contributed by atoms with Gasteiger partial charge in [0.05, 0.1) is 5.69 Å². The van der Waals surface area contributed by atoms with Crippen molar-refractivity contribution in [3.63, 3.8) is 0 Å². The number of rotatable bonds is 3. The van der Waals surface area contributed by atoms with E-state index in [9.17, 15) is 0 Å². The van der Waals surface area contributed by atoms with Crippen LogP contribution in [0.4, 0.5) is 0 Å². The van der Waals surface area contributed by atoms with Crippen molar-refractivity contribution in [2.75, 3.05) is 0 Å². The predicted octanol–water partition coefficient (Wildman–Crippen LogP) is 6.55. The fourth-order valence-corrected chi connectivity index (χ4v) is 5.38. The molecule has 0 amide bonds. The van der Waals surface area contributed by atoms with Gasteiger partial charge in [-0.3, -0.25) is 0 Å². The van der Waals surface area contributed by atoms with Gasteiger partial charge in [-0.2, -0.15) is 0 Å². The van der Waals surface area contributed by atoms with Gasteiger partial charge in [0, 0.05) is 23.4 Å². The lowest BCUT2D eigenvalue weighted by Crippen LogP contribution is -2.12. The number of nitrogens with zero attached hydrogens (tertiary/aromatic N) is 1. The fraction of sp³-hybridized carbons (Fsp3) is 0.857. The van der Waals surface area contributed by atoms with Gasteiger partial charge in [-0.25, -0.2) is 4.98 Å². The Morgan fingerprint density at radius 3 is 1.61 bits per heavy atom.